The van der Waals surface area contributed by atoms with Gasteiger partial charge in [-0.25, -0.2) is 0 Å². The fourth-order valence-corrected chi connectivity index (χ4v) is 4.48. The number of amides is 1. The predicted octanol–water partition coefficient (Wildman–Crippen LogP) is 1.43. The smallest absolute Gasteiger partial charge is 0.263 e. The van der Waals surface area contributed by atoms with Gasteiger partial charge in [0.25, 0.3) is 11.5 Å². The summed E-state index contributed by atoms with van der Waals surface area (Å²) in [6.07, 6.45) is 5.21. The fraction of sp³-hybridized carbons (Fsp3) is 0.647. The van der Waals surface area contributed by atoms with Gasteiger partial charge in [0.2, 0.25) is 0 Å². The van der Waals surface area contributed by atoms with Crippen molar-refractivity contribution < 1.29 is 4.79 Å². The average molecular weight is 335 g/mol. The number of aromatic nitrogens is 1. The van der Waals surface area contributed by atoms with Crippen LogP contribution in [0.15, 0.2) is 23.1 Å². The maximum Gasteiger partial charge on any atom is 0.263 e. The summed E-state index contributed by atoms with van der Waals surface area (Å²) in [4.78, 5) is 29.7. The number of rotatable bonds is 3. The topological polar surface area (TPSA) is 45.6 Å². The van der Waals surface area contributed by atoms with E-state index in [1.165, 1.54) is 17.4 Å². The van der Waals surface area contributed by atoms with Crippen molar-refractivity contribution in [2.45, 2.75) is 25.3 Å². The normalized spacial score (nSPS) is 23.0. The summed E-state index contributed by atoms with van der Waals surface area (Å²) in [5.41, 5.74) is 0.0997. The molecule has 0 bridgehead atoms. The van der Waals surface area contributed by atoms with E-state index < -0.39 is 0 Å². The number of carbonyl (C=O) groups is 1. The van der Waals surface area contributed by atoms with Gasteiger partial charge in [0, 0.05) is 32.1 Å². The molecule has 1 atom stereocenters. The van der Waals surface area contributed by atoms with Crippen molar-refractivity contribution >= 4 is 17.7 Å². The number of nitrogens with zero attached hydrogens (tertiary/aromatic N) is 3. The second-order valence-corrected chi connectivity index (χ2v) is 7.58. The molecular formula is C17H25N3O2S. The lowest BCUT2D eigenvalue weighted by Gasteiger charge is -2.32. The Labute approximate surface area is 141 Å². The lowest BCUT2D eigenvalue weighted by Crippen LogP contribution is -2.48. The highest BCUT2D eigenvalue weighted by molar-refractivity contribution is 7.99. The van der Waals surface area contributed by atoms with E-state index in [1.54, 1.807) is 25.4 Å². The largest absolute Gasteiger partial charge is 0.333 e. The van der Waals surface area contributed by atoms with Crippen LogP contribution in [0.1, 0.15) is 29.6 Å². The number of pyridine rings is 1. The molecule has 5 nitrogen and oxygen atoms in total. The predicted molar refractivity (Wildman–Crippen MR) is 94.1 cm³/mol. The first-order valence-corrected chi connectivity index (χ1v) is 9.59. The monoisotopic (exact) mass is 335 g/mol. The third kappa shape index (κ3) is 3.80. The molecule has 2 fully saturated rings. The number of hydrogen-bond donors (Lipinski definition) is 0. The summed E-state index contributed by atoms with van der Waals surface area (Å²) < 4.78 is 1.48. The first-order valence-electron chi connectivity index (χ1n) is 8.43. The highest BCUT2D eigenvalue weighted by Crippen LogP contribution is 2.20. The van der Waals surface area contributed by atoms with Crippen LogP contribution in [0.5, 0.6) is 0 Å². The van der Waals surface area contributed by atoms with Crippen LogP contribution in [0.4, 0.5) is 0 Å². The van der Waals surface area contributed by atoms with E-state index in [9.17, 15) is 9.59 Å². The molecule has 1 amide bonds. The summed E-state index contributed by atoms with van der Waals surface area (Å²) >= 11 is 1.93. The number of hydrogen-bond acceptors (Lipinski definition) is 4. The van der Waals surface area contributed by atoms with E-state index >= 15 is 0 Å². The van der Waals surface area contributed by atoms with E-state index in [0.717, 1.165) is 44.1 Å². The maximum atomic E-state index is 13.0. The molecule has 6 heteroatoms. The second kappa shape index (κ2) is 7.53. The fourth-order valence-electron chi connectivity index (χ4n) is 3.43. The van der Waals surface area contributed by atoms with E-state index in [-0.39, 0.29) is 17.5 Å². The summed E-state index contributed by atoms with van der Waals surface area (Å²) in [7, 11) is 1.69. The van der Waals surface area contributed by atoms with Crippen molar-refractivity contribution in [3.8, 4) is 0 Å². The van der Waals surface area contributed by atoms with Crippen LogP contribution < -0.4 is 5.56 Å². The Morgan fingerprint density at radius 1 is 1.26 bits per heavy atom. The zero-order valence-electron chi connectivity index (χ0n) is 13.7. The zero-order chi connectivity index (χ0) is 16.2. The summed E-state index contributed by atoms with van der Waals surface area (Å²) in [6.45, 7) is 3.96. The van der Waals surface area contributed by atoms with Gasteiger partial charge in [-0.3, -0.25) is 9.59 Å². The third-order valence-electron chi connectivity index (χ3n) is 4.72. The molecule has 1 aromatic heterocycles. The molecule has 2 aliphatic heterocycles. The molecule has 0 N–H and O–H groups in total. The van der Waals surface area contributed by atoms with Crippen molar-refractivity contribution in [3.63, 3.8) is 0 Å². The van der Waals surface area contributed by atoms with Gasteiger partial charge in [-0.2, -0.15) is 11.8 Å². The van der Waals surface area contributed by atoms with Crippen LogP contribution in [0, 0.1) is 0 Å². The van der Waals surface area contributed by atoms with Crippen molar-refractivity contribution in [3.05, 3.63) is 34.2 Å². The molecule has 0 aromatic carbocycles. The van der Waals surface area contributed by atoms with Gasteiger partial charge in [-0.15, -0.1) is 0 Å². The van der Waals surface area contributed by atoms with Crippen molar-refractivity contribution in [2.75, 3.05) is 37.7 Å². The van der Waals surface area contributed by atoms with E-state index in [2.05, 4.69) is 4.90 Å². The Morgan fingerprint density at radius 3 is 2.83 bits per heavy atom. The minimum atomic E-state index is -0.200. The van der Waals surface area contributed by atoms with Crippen LogP contribution in [-0.4, -0.2) is 64.0 Å². The Kier molecular flexibility index (Phi) is 5.43. The lowest BCUT2D eigenvalue weighted by atomic mass is 10.1. The number of thioether (sulfide) groups is 1. The van der Waals surface area contributed by atoms with Gasteiger partial charge >= 0.3 is 0 Å². The van der Waals surface area contributed by atoms with Gasteiger partial charge in [0.1, 0.15) is 5.56 Å². The minimum absolute atomic E-state index is 0.0992. The first kappa shape index (κ1) is 16.6. The van der Waals surface area contributed by atoms with Crippen molar-refractivity contribution in [2.24, 2.45) is 7.05 Å². The SMILES string of the molecule is Cn1cccc(C(=O)N2CCCSCC2CN2CCCC2)c1=O. The molecule has 126 valence electrons. The van der Waals surface area contributed by atoms with E-state index in [4.69, 9.17) is 0 Å². The second-order valence-electron chi connectivity index (χ2n) is 6.43. The first-order chi connectivity index (χ1) is 11.2. The molecule has 0 aliphatic carbocycles. The number of aryl methyl sites for hydroxylation is 1. The highest BCUT2D eigenvalue weighted by atomic mass is 32.2. The molecule has 1 aromatic rings. The van der Waals surface area contributed by atoms with Gasteiger partial charge in [-0.05, 0) is 50.2 Å². The van der Waals surface area contributed by atoms with Gasteiger partial charge in [0.05, 0.1) is 6.04 Å². The molecule has 1 unspecified atom stereocenters. The van der Waals surface area contributed by atoms with Crippen molar-refractivity contribution in [1.29, 1.82) is 0 Å². The van der Waals surface area contributed by atoms with Gasteiger partial charge in [-0.1, -0.05) is 0 Å². The lowest BCUT2D eigenvalue weighted by molar-refractivity contribution is 0.0664. The van der Waals surface area contributed by atoms with Crippen molar-refractivity contribution in [1.82, 2.24) is 14.4 Å². The highest BCUT2D eigenvalue weighted by Gasteiger charge is 2.30. The Hall–Kier alpha value is -1.27. The van der Waals surface area contributed by atoms with Crippen LogP contribution in [0.3, 0.4) is 0 Å². The summed E-state index contributed by atoms with van der Waals surface area (Å²) in [5, 5.41) is 0. The van der Waals surface area contributed by atoms with E-state index in [0.29, 0.717) is 5.56 Å². The third-order valence-corrected chi connectivity index (χ3v) is 5.92. The quantitative estimate of drug-likeness (QED) is 0.838. The van der Waals surface area contributed by atoms with E-state index in [1.807, 2.05) is 16.7 Å². The van der Waals surface area contributed by atoms with Gasteiger partial charge in [0.15, 0.2) is 0 Å². The Morgan fingerprint density at radius 2 is 2.04 bits per heavy atom. The minimum Gasteiger partial charge on any atom is -0.333 e. The zero-order valence-corrected chi connectivity index (χ0v) is 14.6. The van der Waals surface area contributed by atoms with Crippen LogP contribution in [0.25, 0.3) is 0 Å². The molecule has 0 saturated carbocycles. The summed E-state index contributed by atoms with van der Waals surface area (Å²) in [5.74, 6) is 1.96. The standard InChI is InChI=1S/C17H25N3O2S/c1-18-7-4-6-15(16(18)21)17(22)20-10-5-11-23-13-14(20)12-19-8-2-3-9-19/h4,6-7,14H,2-3,5,8-13H2,1H3. The molecule has 23 heavy (non-hydrogen) atoms. The Balaban J connectivity index is 1.81. The van der Waals surface area contributed by atoms with Crippen LogP contribution in [0.2, 0.25) is 0 Å². The number of carbonyl (C=O) groups excluding carboxylic acids is 1. The Bertz CT molecular complexity index is 610. The molecule has 3 heterocycles. The summed E-state index contributed by atoms with van der Waals surface area (Å²) in [6, 6.07) is 3.64. The van der Waals surface area contributed by atoms with Gasteiger partial charge < -0.3 is 14.4 Å². The molecule has 0 radical (unpaired) electrons. The molecule has 2 saturated heterocycles. The van der Waals surface area contributed by atoms with Crippen LogP contribution >= 0.6 is 11.8 Å². The molecule has 0 spiro atoms. The molecular weight excluding hydrogens is 310 g/mol. The maximum absolute atomic E-state index is 13.0. The average Bonchev–Trinajstić information content (AvgIpc) is 2.94. The molecule has 2 aliphatic rings. The van der Waals surface area contributed by atoms with Crippen LogP contribution in [-0.2, 0) is 7.05 Å². The number of likely N-dealkylation sites (tertiary alicyclic amines) is 1. The molecule has 3 rings (SSSR count).